The standard InChI is InChI=1S/C21H26N8O2S/c1-13-9-14(2)26-20(25-13)28-19(23-8-7-15-11-22-12-24-15)29-21(32)27-17-6-5-16(30-3)10-18(17)31-4/h5-6,9-12H,7-8H2,1-4H3,(H,22,24)(H3,23,25,26,27,28,29,32). The highest BCUT2D eigenvalue weighted by molar-refractivity contribution is 7.80. The van der Waals surface area contributed by atoms with Crippen LogP contribution in [0.5, 0.6) is 11.5 Å². The largest absolute Gasteiger partial charge is 0.497 e. The molecule has 0 aliphatic rings. The van der Waals surface area contributed by atoms with Crippen molar-refractivity contribution in [1.29, 1.82) is 0 Å². The number of aromatic amines is 1. The third-order valence-corrected chi connectivity index (χ3v) is 4.51. The van der Waals surface area contributed by atoms with Gasteiger partial charge in [-0.15, -0.1) is 0 Å². The Kier molecular flexibility index (Phi) is 7.92. The predicted molar refractivity (Wildman–Crippen MR) is 129 cm³/mol. The van der Waals surface area contributed by atoms with Gasteiger partial charge in [-0.1, -0.05) is 0 Å². The molecular formula is C21H26N8O2S. The van der Waals surface area contributed by atoms with Gasteiger partial charge in [-0.3, -0.25) is 10.3 Å². The topological polar surface area (TPSA) is 121 Å². The van der Waals surface area contributed by atoms with Crippen LogP contribution in [0.4, 0.5) is 11.6 Å². The normalized spacial score (nSPS) is 11.1. The third kappa shape index (κ3) is 6.64. The van der Waals surface area contributed by atoms with Crippen LogP contribution in [0.2, 0.25) is 0 Å². The lowest BCUT2D eigenvalue weighted by atomic mass is 10.2. The van der Waals surface area contributed by atoms with Gasteiger partial charge in [-0.2, -0.15) is 0 Å². The van der Waals surface area contributed by atoms with Crippen molar-refractivity contribution in [3.05, 3.63) is 53.9 Å². The Labute approximate surface area is 191 Å². The second-order valence-electron chi connectivity index (χ2n) is 6.80. The molecule has 0 unspecified atom stereocenters. The second-order valence-corrected chi connectivity index (χ2v) is 7.21. The molecule has 3 rings (SSSR count). The minimum Gasteiger partial charge on any atom is -0.497 e. The minimum absolute atomic E-state index is 0.325. The van der Waals surface area contributed by atoms with E-state index in [1.54, 1.807) is 32.8 Å². The van der Waals surface area contributed by atoms with Gasteiger partial charge in [0, 0.05) is 42.3 Å². The Bertz CT molecular complexity index is 1070. The average Bonchev–Trinajstić information content (AvgIpc) is 3.26. The molecule has 10 nitrogen and oxygen atoms in total. The van der Waals surface area contributed by atoms with Gasteiger partial charge in [0.15, 0.2) is 5.11 Å². The van der Waals surface area contributed by atoms with Gasteiger partial charge in [0.2, 0.25) is 11.9 Å². The molecule has 0 aliphatic heterocycles. The van der Waals surface area contributed by atoms with Crippen LogP contribution < -0.4 is 25.4 Å². The predicted octanol–water partition coefficient (Wildman–Crippen LogP) is 2.83. The molecule has 0 amide bonds. The van der Waals surface area contributed by atoms with Crippen molar-refractivity contribution < 1.29 is 9.47 Å². The number of nitrogens with zero attached hydrogens (tertiary/aromatic N) is 4. The summed E-state index contributed by atoms with van der Waals surface area (Å²) in [6.45, 7) is 4.31. The van der Waals surface area contributed by atoms with Gasteiger partial charge >= 0.3 is 0 Å². The molecule has 0 radical (unpaired) electrons. The summed E-state index contributed by atoms with van der Waals surface area (Å²) in [5.74, 6) is 2.12. The lowest BCUT2D eigenvalue weighted by Crippen LogP contribution is -2.39. The maximum Gasteiger partial charge on any atom is 0.229 e. The smallest absolute Gasteiger partial charge is 0.229 e. The van der Waals surface area contributed by atoms with Crippen molar-refractivity contribution in [2.45, 2.75) is 20.3 Å². The number of ether oxygens (including phenoxy) is 2. The number of hydrogen-bond donors (Lipinski definition) is 4. The molecule has 2 aromatic heterocycles. The maximum absolute atomic E-state index is 5.49. The molecule has 0 aliphatic carbocycles. The Morgan fingerprint density at radius 2 is 1.88 bits per heavy atom. The number of nitrogens with one attached hydrogen (secondary N) is 4. The molecule has 168 valence electrons. The summed E-state index contributed by atoms with van der Waals surface area (Å²) in [4.78, 5) is 20.5. The van der Waals surface area contributed by atoms with Crippen LogP contribution in [0, 0.1) is 13.8 Å². The molecule has 1 aromatic carbocycles. The number of thiocarbonyl (C=S) groups is 1. The van der Waals surface area contributed by atoms with Crippen LogP contribution in [0.3, 0.4) is 0 Å². The molecule has 0 bridgehead atoms. The number of guanidine groups is 1. The zero-order valence-corrected chi connectivity index (χ0v) is 19.2. The zero-order valence-electron chi connectivity index (χ0n) is 18.4. The highest BCUT2D eigenvalue weighted by atomic mass is 32.1. The molecule has 2 heterocycles. The number of aromatic nitrogens is 4. The molecule has 3 aromatic rings. The first-order valence-electron chi connectivity index (χ1n) is 9.88. The highest BCUT2D eigenvalue weighted by Gasteiger charge is 2.10. The molecule has 0 atom stereocenters. The lowest BCUT2D eigenvalue weighted by molar-refractivity contribution is 0.395. The molecular weight excluding hydrogens is 428 g/mol. The molecule has 0 fully saturated rings. The van der Waals surface area contributed by atoms with Gasteiger partial charge in [0.1, 0.15) is 11.5 Å². The van der Waals surface area contributed by atoms with Crippen LogP contribution in [0.1, 0.15) is 17.1 Å². The van der Waals surface area contributed by atoms with Gasteiger partial charge in [-0.25, -0.2) is 15.0 Å². The number of aliphatic imine (C=N–C) groups is 1. The van der Waals surface area contributed by atoms with Gasteiger partial charge in [0.05, 0.1) is 26.2 Å². The van der Waals surface area contributed by atoms with E-state index in [4.69, 9.17) is 21.7 Å². The van der Waals surface area contributed by atoms with E-state index in [9.17, 15) is 0 Å². The van der Waals surface area contributed by atoms with E-state index >= 15 is 0 Å². The summed E-state index contributed by atoms with van der Waals surface area (Å²) >= 11 is 5.49. The quantitative estimate of drug-likeness (QED) is 0.242. The highest BCUT2D eigenvalue weighted by Crippen LogP contribution is 2.28. The molecule has 32 heavy (non-hydrogen) atoms. The van der Waals surface area contributed by atoms with E-state index in [1.807, 2.05) is 32.0 Å². The first kappa shape index (κ1) is 22.9. The number of methoxy groups -OCH3 is 2. The van der Waals surface area contributed by atoms with Crippen molar-refractivity contribution in [1.82, 2.24) is 25.3 Å². The fraction of sp³-hybridized carbons (Fsp3) is 0.286. The van der Waals surface area contributed by atoms with E-state index in [0.717, 1.165) is 17.1 Å². The van der Waals surface area contributed by atoms with E-state index in [-0.39, 0.29) is 0 Å². The number of aryl methyl sites for hydroxylation is 2. The monoisotopic (exact) mass is 454 g/mol. The van der Waals surface area contributed by atoms with Crippen LogP contribution in [-0.4, -0.2) is 51.8 Å². The number of hydrogen-bond acceptors (Lipinski definition) is 7. The fourth-order valence-corrected chi connectivity index (χ4v) is 3.08. The molecule has 0 saturated heterocycles. The van der Waals surface area contributed by atoms with Crippen LogP contribution in [-0.2, 0) is 6.42 Å². The first-order valence-corrected chi connectivity index (χ1v) is 10.3. The molecule has 11 heteroatoms. The average molecular weight is 455 g/mol. The number of benzene rings is 1. The minimum atomic E-state index is 0.325. The third-order valence-electron chi connectivity index (χ3n) is 4.31. The van der Waals surface area contributed by atoms with E-state index in [1.165, 1.54) is 0 Å². The Morgan fingerprint density at radius 1 is 1.09 bits per heavy atom. The van der Waals surface area contributed by atoms with Crippen molar-refractivity contribution in [3.63, 3.8) is 0 Å². The van der Waals surface area contributed by atoms with E-state index in [2.05, 4.69) is 40.9 Å². The number of H-pyrrole nitrogens is 1. The zero-order chi connectivity index (χ0) is 22.9. The van der Waals surface area contributed by atoms with Crippen LogP contribution in [0.15, 0.2) is 41.8 Å². The Balaban J connectivity index is 1.74. The van der Waals surface area contributed by atoms with E-state index in [0.29, 0.717) is 47.2 Å². The lowest BCUT2D eigenvalue weighted by Gasteiger charge is -2.16. The van der Waals surface area contributed by atoms with Crippen molar-refractivity contribution >= 4 is 34.9 Å². The maximum atomic E-state index is 5.49. The van der Waals surface area contributed by atoms with Gasteiger partial charge < -0.3 is 25.1 Å². The SMILES string of the molecule is COc1ccc(NC(=S)NC(=NCCc2cnc[nH]2)Nc2nc(C)cc(C)n2)c(OC)c1. The second kappa shape index (κ2) is 11.0. The van der Waals surface area contributed by atoms with Gasteiger partial charge in [-0.05, 0) is 44.3 Å². The van der Waals surface area contributed by atoms with Crippen LogP contribution >= 0.6 is 12.2 Å². The molecule has 0 saturated carbocycles. The fourth-order valence-electron chi connectivity index (χ4n) is 2.87. The van der Waals surface area contributed by atoms with Crippen molar-refractivity contribution in [2.75, 3.05) is 31.4 Å². The first-order chi connectivity index (χ1) is 15.5. The number of rotatable bonds is 7. The van der Waals surface area contributed by atoms with Crippen molar-refractivity contribution in [3.8, 4) is 11.5 Å². The number of imidazole rings is 1. The summed E-state index contributed by atoms with van der Waals surface area (Å²) < 4.78 is 10.7. The summed E-state index contributed by atoms with van der Waals surface area (Å²) in [7, 11) is 3.18. The summed E-state index contributed by atoms with van der Waals surface area (Å²) in [5, 5.41) is 9.64. The summed E-state index contributed by atoms with van der Waals surface area (Å²) in [6.07, 6.45) is 4.10. The Hall–Kier alpha value is -3.73. The molecule has 4 N–H and O–H groups in total. The Morgan fingerprint density at radius 3 is 2.53 bits per heavy atom. The molecule has 0 spiro atoms. The summed E-state index contributed by atoms with van der Waals surface area (Å²) in [5.41, 5.74) is 3.37. The van der Waals surface area contributed by atoms with Crippen molar-refractivity contribution in [2.24, 2.45) is 4.99 Å². The number of anilines is 2. The van der Waals surface area contributed by atoms with E-state index < -0.39 is 0 Å². The summed E-state index contributed by atoms with van der Waals surface area (Å²) in [6, 6.07) is 7.30. The van der Waals surface area contributed by atoms with Crippen LogP contribution in [0.25, 0.3) is 0 Å². The van der Waals surface area contributed by atoms with Gasteiger partial charge in [0.25, 0.3) is 0 Å².